The zero-order valence-corrected chi connectivity index (χ0v) is 7.83. The van der Waals surface area contributed by atoms with Gasteiger partial charge in [-0.2, -0.15) is 0 Å². The highest BCUT2D eigenvalue weighted by Gasteiger charge is 2.25. The molecule has 1 unspecified atom stereocenters. The molecule has 1 aromatic rings. The molecule has 0 saturated heterocycles. The Hall–Kier alpha value is -1.69. The van der Waals surface area contributed by atoms with E-state index in [1.54, 1.807) is 0 Å². The van der Waals surface area contributed by atoms with Gasteiger partial charge in [-0.15, -0.1) is 0 Å². The number of rotatable bonds is 3. The van der Waals surface area contributed by atoms with Gasteiger partial charge >= 0.3 is 5.97 Å². The Morgan fingerprint density at radius 1 is 1.53 bits per heavy atom. The van der Waals surface area contributed by atoms with Crippen molar-refractivity contribution in [1.82, 2.24) is 0 Å². The standard InChI is InChI=1S/C9H9F2NO3/c1-15-5-3-2-4(10)6(7(5)11)8(12)9(13)14/h2-3,8H,12H2,1H3,(H,13,14). The minimum absolute atomic E-state index is 0.247. The third-order valence-electron chi connectivity index (χ3n) is 1.89. The van der Waals surface area contributed by atoms with Crippen LogP contribution in [0.15, 0.2) is 12.1 Å². The van der Waals surface area contributed by atoms with E-state index in [0.717, 1.165) is 12.1 Å². The zero-order valence-electron chi connectivity index (χ0n) is 7.83. The Kier molecular flexibility index (Phi) is 3.21. The Bertz CT molecular complexity index is 395. The Balaban J connectivity index is 3.32. The number of hydrogen-bond acceptors (Lipinski definition) is 3. The molecule has 0 heterocycles. The molecule has 0 aliphatic heterocycles. The molecule has 4 nitrogen and oxygen atoms in total. The molecule has 1 atom stereocenters. The average molecular weight is 217 g/mol. The van der Waals surface area contributed by atoms with E-state index in [-0.39, 0.29) is 5.75 Å². The van der Waals surface area contributed by atoms with Crippen LogP contribution in [0.5, 0.6) is 5.75 Å². The number of carbonyl (C=O) groups is 1. The molecular weight excluding hydrogens is 208 g/mol. The minimum atomic E-state index is -1.75. The number of aliphatic carboxylic acids is 1. The number of methoxy groups -OCH3 is 1. The number of hydrogen-bond donors (Lipinski definition) is 2. The Labute approximate surface area is 84.3 Å². The lowest BCUT2D eigenvalue weighted by atomic mass is 10.1. The quantitative estimate of drug-likeness (QED) is 0.793. The lowest BCUT2D eigenvalue weighted by molar-refractivity contribution is -0.138. The molecule has 0 bridgehead atoms. The summed E-state index contributed by atoms with van der Waals surface area (Å²) in [4.78, 5) is 10.5. The molecule has 0 spiro atoms. The maximum Gasteiger partial charge on any atom is 0.325 e. The van der Waals surface area contributed by atoms with Crippen molar-refractivity contribution in [2.24, 2.45) is 5.73 Å². The van der Waals surface area contributed by atoms with Gasteiger partial charge in [-0.1, -0.05) is 0 Å². The van der Waals surface area contributed by atoms with Gasteiger partial charge in [0.25, 0.3) is 0 Å². The monoisotopic (exact) mass is 217 g/mol. The van der Waals surface area contributed by atoms with Crippen LogP contribution in [0, 0.1) is 11.6 Å². The number of benzene rings is 1. The van der Waals surface area contributed by atoms with Crippen LogP contribution in [0.4, 0.5) is 8.78 Å². The van der Waals surface area contributed by atoms with E-state index in [4.69, 9.17) is 10.8 Å². The lowest BCUT2D eigenvalue weighted by Crippen LogP contribution is -2.23. The van der Waals surface area contributed by atoms with E-state index in [2.05, 4.69) is 4.74 Å². The zero-order chi connectivity index (χ0) is 11.6. The SMILES string of the molecule is COc1ccc(F)c(C(N)C(=O)O)c1F. The third-order valence-corrected chi connectivity index (χ3v) is 1.89. The normalized spacial score (nSPS) is 12.3. The first-order chi connectivity index (χ1) is 6.99. The van der Waals surface area contributed by atoms with Crippen molar-refractivity contribution in [2.75, 3.05) is 7.11 Å². The summed E-state index contributed by atoms with van der Waals surface area (Å²) in [5.74, 6) is -3.86. The molecule has 6 heteroatoms. The highest BCUT2D eigenvalue weighted by atomic mass is 19.1. The van der Waals surface area contributed by atoms with Gasteiger partial charge in [0.2, 0.25) is 0 Å². The fraction of sp³-hybridized carbons (Fsp3) is 0.222. The second kappa shape index (κ2) is 4.22. The molecule has 1 aromatic carbocycles. The summed E-state index contributed by atoms with van der Waals surface area (Å²) in [5, 5.41) is 8.55. The van der Waals surface area contributed by atoms with E-state index >= 15 is 0 Å². The van der Waals surface area contributed by atoms with Gasteiger partial charge in [0.1, 0.15) is 11.9 Å². The van der Waals surface area contributed by atoms with Crippen LogP contribution in [-0.2, 0) is 4.79 Å². The fourth-order valence-electron chi connectivity index (χ4n) is 1.12. The molecule has 0 radical (unpaired) electrons. The third kappa shape index (κ3) is 2.04. The number of halogens is 2. The molecule has 0 amide bonds. The van der Waals surface area contributed by atoms with Gasteiger partial charge in [0, 0.05) is 0 Å². The highest BCUT2D eigenvalue weighted by Crippen LogP contribution is 2.26. The van der Waals surface area contributed by atoms with Crippen LogP contribution in [-0.4, -0.2) is 18.2 Å². The Morgan fingerprint density at radius 3 is 2.60 bits per heavy atom. The summed E-state index contributed by atoms with van der Waals surface area (Å²) in [6.07, 6.45) is 0. The second-order valence-electron chi connectivity index (χ2n) is 2.79. The van der Waals surface area contributed by atoms with Crippen molar-refractivity contribution in [3.05, 3.63) is 29.3 Å². The van der Waals surface area contributed by atoms with E-state index in [9.17, 15) is 13.6 Å². The van der Waals surface area contributed by atoms with Gasteiger partial charge in [0.15, 0.2) is 11.6 Å². The summed E-state index contributed by atoms with van der Waals surface area (Å²) in [6.45, 7) is 0. The van der Waals surface area contributed by atoms with Crippen molar-refractivity contribution in [1.29, 1.82) is 0 Å². The lowest BCUT2D eigenvalue weighted by Gasteiger charge is -2.11. The average Bonchev–Trinajstić information content (AvgIpc) is 2.17. The predicted octanol–water partition coefficient (Wildman–Crippen LogP) is 1.06. The van der Waals surface area contributed by atoms with Gasteiger partial charge in [-0.3, -0.25) is 4.79 Å². The van der Waals surface area contributed by atoms with Crippen LogP contribution in [0.3, 0.4) is 0 Å². The largest absolute Gasteiger partial charge is 0.494 e. The van der Waals surface area contributed by atoms with Gasteiger partial charge in [-0.05, 0) is 12.1 Å². The first-order valence-corrected chi connectivity index (χ1v) is 3.99. The summed E-state index contributed by atoms with van der Waals surface area (Å²) in [7, 11) is 1.19. The maximum absolute atomic E-state index is 13.4. The van der Waals surface area contributed by atoms with Crippen LogP contribution in [0.2, 0.25) is 0 Å². The molecule has 0 aliphatic carbocycles. The van der Waals surface area contributed by atoms with Crippen molar-refractivity contribution in [2.45, 2.75) is 6.04 Å². The van der Waals surface area contributed by atoms with E-state index in [1.807, 2.05) is 0 Å². The van der Waals surface area contributed by atoms with E-state index < -0.39 is 29.2 Å². The maximum atomic E-state index is 13.4. The number of ether oxygens (including phenoxy) is 1. The predicted molar refractivity (Wildman–Crippen MR) is 47.5 cm³/mol. The van der Waals surface area contributed by atoms with Crippen LogP contribution in [0.25, 0.3) is 0 Å². The molecule has 3 N–H and O–H groups in total. The van der Waals surface area contributed by atoms with E-state index in [0.29, 0.717) is 0 Å². The summed E-state index contributed by atoms with van der Waals surface area (Å²) in [6, 6.07) is 0.211. The molecule has 0 aromatic heterocycles. The van der Waals surface area contributed by atoms with Gasteiger partial charge in [-0.25, -0.2) is 8.78 Å². The van der Waals surface area contributed by atoms with Gasteiger partial charge < -0.3 is 15.6 Å². The molecule has 82 valence electrons. The van der Waals surface area contributed by atoms with E-state index in [1.165, 1.54) is 7.11 Å². The van der Waals surface area contributed by atoms with Crippen molar-refractivity contribution in [3.8, 4) is 5.75 Å². The fourth-order valence-corrected chi connectivity index (χ4v) is 1.12. The topological polar surface area (TPSA) is 72.5 Å². The second-order valence-corrected chi connectivity index (χ2v) is 2.79. The highest BCUT2D eigenvalue weighted by molar-refractivity contribution is 5.75. The van der Waals surface area contributed by atoms with Gasteiger partial charge in [0.05, 0.1) is 12.7 Å². The number of nitrogens with two attached hydrogens (primary N) is 1. The summed E-state index contributed by atoms with van der Waals surface area (Å²) >= 11 is 0. The number of carboxylic acids is 1. The first-order valence-electron chi connectivity index (χ1n) is 3.99. The molecule has 0 fully saturated rings. The van der Waals surface area contributed by atoms with Crippen molar-refractivity contribution < 1.29 is 23.4 Å². The molecule has 0 aliphatic rings. The van der Waals surface area contributed by atoms with Crippen LogP contribution < -0.4 is 10.5 Å². The van der Waals surface area contributed by atoms with Crippen LogP contribution >= 0.6 is 0 Å². The molecule has 15 heavy (non-hydrogen) atoms. The summed E-state index contributed by atoms with van der Waals surface area (Å²) in [5.41, 5.74) is 4.42. The first kappa shape index (κ1) is 11.4. The molecule has 0 saturated carbocycles. The number of carboxylic acid groups (broad SMARTS) is 1. The summed E-state index contributed by atoms with van der Waals surface area (Å²) < 4.78 is 31.2. The smallest absolute Gasteiger partial charge is 0.325 e. The Morgan fingerprint density at radius 2 is 2.13 bits per heavy atom. The molecule has 1 rings (SSSR count). The molecular formula is C9H9F2NO3. The van der Waals surface area contributed by atoms with Crippen molar-refractivity contribution in [3.63, 3.8) is 0 Å². The van der Waals surface area contributed by atoms with Crippen molar-refractivity contribution >= 4 is 5.97 Å². The van der Waals surface area contributed by atoms with Crippen LogP contribution in [0.1, 0.15) is 11.6 Å². The minimum Gasteiger partial charge on any atom is -0.494 e.